The van der Waals surface area contributed by atoms with Crippen LogP contribution in [0.1, 0.15) is 32.4 Å². The topological polar surface area (TPSA) is 23.5 Å². The first kappa shape index (κ1) is 14.2. The van der Waals surface area contributed by atoms with Crippen LogP contribution in [0.2, 0.25) is 0 Å². The third-order valence-electron chi connectivity index (χ3n) is 3.20. The third-order valence-corrected chi connectivity index (χ3v) is 4.92. The molecule has 0 saturated carbocycles. The molecule has 2 rings (SSSR count). The van der Waals surface area contributed by atoms with Crippen LogP contribution in [0.25, 0.3) is 0 Å². The smallest absolute Gasteiger partial charge is 0.0782 e. The lowest BCUT2D eigenvalue weighted by molar-refractivity contribution is 0.199. The predicted molar refractivity (Wildman–Crippen MR) is 83.5 cm³/mol. The van der Waals surface area contributed by atoms with Crippen molar-refractivity contribution in [3.63, 3.8) is 0 Å². The van der Waals surface area contributed by atoms with Gasteiger partial charge in [0.1, 0.15) is 0 Å². The summed E-state index contributed by atoms with van der Waals surface area (Å²) in [5.41, 5.74) is 2.18. The van der Waals surface area contributed by atoms with Crippen molar-refractivity contribution in [2.45, 2.75) is 37.4 Å². The number of anilines is 1. The van der Waals surface area contributed by atoms with E-state index in [1.807, 2.05) is 24.8 Å². The molecule has 1 fully saturated rings. The zero-order valence-electron chi connectivity index (χ0n) is 11.1. The minimum absolute atomic E-state index is 0.433. The van der Waals surface area contributed by atoms with Gasteiger partial charge in [-0.25, -0.2) is 0 Å². The minimum atomic E-state index is -0.433. The van der Waals surface area contributed by atoms with Crippen LogP contribution in [0.4, 0.5) is 5.69 Å². The normalized spacial score (nSPS) is 26.2. The first-order valence-corrected chi connectivity index (χ1v) is 8.09. The van der Waals surface area contributed by atoms with Crippen LogP contribution in [0.5, 0.6) is 0 Å². The molecule has 1 heterocycles. The highest BCUT2D eigenvalue weighted by Crippen LogP contribution is 2.34. The van der Waals surface area contributed by atoms with Crippen molar-refractivity contribution >= 4 is 33.4 Å². The quantitative estimate of drug-likeness (QED) is 0.891. The van der Waals surface area contributed by atoms with Gasteiger partial charge >= 0.3 is 0 Å². The number of nitrogens with zero attached hydrogens (tertiary/aromatic N) is 1. The number of benzene rings is 1. The predicted octanol–water partition coefficient (Wildman–Crippen LogP) is 3.83. The van der Waals surface area contributed by atoms with Crippen LogP contribution >= 0.6 is 27.7 Å². The van der Waals surface area contributed by atoms with E-state index in [1.54, 1.807) is 0 Å². The monoisotopic (exact) mass is 329 g/mol. The summed E-state index contributed by atoms with van der Waals surface area (Å²) in [4.78, 5) is 2.40. The summed E-state index contributed by atoms with van der Waals surface area (Å²) in [6.45, 7) is 8.48. The van der Waals surface area contributed by atoms with Crippen LogP contribution < -0.4 is 4.90 Å². The maximum Gasteiger partial charge on any atom is 0.0782 e. The van der Waals surface area contributed by atoms with Crippen molar-refractivity contribution in [2.75, 3.05) is 18.0 Å². The Morgan fingerprint density at radius 1 is 1.33 bits per heavy atom. The lowest BCUT2D eigenvalue weighted by atomic mass is 10.1. The maximum absolute atomic E-state index is 9.94. The van der Waals surface area contributed by atoms with Crippen LogP contribution in [-0.4, -0.2) is 28.7 Å². The number of halogens is 1. The molecular weight excluding hydrogens is 310 g/mol. The summed E-state index contributed by atoms with van der Waals surface area (Å²) in [7, 11) is 0. The Balaban J connectivity index is 2.32. The second-order valence-corrected chi connectivity index (χ2v) is 7.84. The second kappa shape index (κ2) is 5.85. The van der Waals surface area contributed by atoms with Crippen LogP contribution in [-0.2, 0) is 0 Å². The molecule has 3 unspecified atom stereocenters. The highest BCUT2D eigenvalue weighted by atomic mass is 79.9. The summed E-state index contributed by atoms with van der Waals surface area (Å²) in [6, 6.07) is 6.19. The molecule has 1 aliphatic heterocycles. The average Bonchev–Trinajstić information content (AvgIpc) is 2.27. The Bertz CT molecular complexity index is 414. The molecule has 0 radical (unpaired) electrons. The number of hydrogen-bond donors (Lipinski definition) is 1. The molecule has 1 aromatic carbocycles. The zero-order valence-corrected chi connectivity index (χ0v) is 13.5. The summed E-state index contributed by atoms with van der Waals surface area (Å²) < 4.78 is 1.02. The molecule has 2 nitrogen and oxygen atoms in total. The standard InChI is InChI=1S/C14H20BrNOS/c1-9-7-16(8-10(2)18-9)14-5-4-12(15)6-13(14)11(3)17/h4-6,9-11,17H,7-8H2,1-3H3. The largest absolute Gasteiger partial charge is 0.389 e. The molecule has 4 heteroatoms. The van der Waals surface area contributed by atoms with E-state index in [4.69, 9.17) is 0 Å². The van der Waals surface area contributed by atoms with E-state index in [1.165, 1.54) is 5.69 Å². The summed E-state index contributed by atoms with van der Waals surface area (Å²) in [5, 5.41) is 11.2. The molecule has 1 N–H and O–H groups in total. The molecule has 0 amide bonds. The van der Waals surface area contributed by atoms with Gasteiger partial charge in [0.25, 0.3) is 0 Å². The molecule has 0 spiro atoms. The summed E-state index contributed by atoms with van der Waals surface area (Å²) in [5.74, 6) is 0. The second-order valence-electron chi connectivity index (χ2n) is 5.04. The van der Waals surface area contributed by atoms with E-state index >= 15 is 0 Å². The molecule has 0 aliphatic carbocycles. The molecule has 3 atom stereocenters. The molecule has 18 heavy (non-hydrogen) atoms. The number of aliphatic hydroxyl groups is 1. The fraction of sp³-hybridized carbons (Fsp3) is 0.571. The van der Waals surface area contributed by atoms with Crippen molar-refractivity contribution in [2.24, 2.45) is 0 Å². The molecule has 0 bridgehead atoms. The fourth-order valence-corrected chi connectivity index (χ4v) is 4.23. The molecule has 0 aromatic heterocycles. The summed E-state index contributed by atoms with van der Waals surface area (Å²) in [6.07, 6.45) is -0.433. The van der Waals surface area contributed by atoms with Gasteiger partial charge in [0.2, 0.25) is 0 Å². The van der Waals surface area contributed by atoms with E-state index in [9.17, 15) is 5.11 Å². The fourth-order valence-electron chi connectivity index (χ4n) is 2.52. The van der Waals surface area contributed by atoms with E-state index in [2.05, 4.69) is 46.8 Å². The molecule has 100 valence electrons. The molecule has 1 aliphatic rings. The van der Waals surface area contributed by atoms with Gasteiger partial charge < -0.3 is 10.0 Å². The Hall–Kier alpha value is -0.190. The van der Waals surface area contributed by atoms with E-state index < -0.39 is 6.10 Å². The van der Waals surface area contributed by atoms with E-state index in [-0.39, 0.29) is 0 Å². The minimum Gasteiger partial charge on any atom is -0.389 e. The zero-order chi connectivity index (χ0) is 13.3. The van der Waals surface area contributed by atoms with E-state index in [0.717, 1.165) is 23.1 Å². The molecule has 1 saturated heterocycles. The van der Waals surface area contributed by atoms with Crippen LogP contribution in [0.15, 0.2) is 22.7 Å². The lowest BCUT2D eigenvalue weighted by Crippen LogP contribution is -2.41. The van der Waals surface area contributed by atoms with Gasteiger partial charge in [-0.1, -0.05) is 29.8 Å². The summed E-state index contributed by atoms with van der Waals surface area (Å²) >= 11 is 5.52. The van der Waals surface area contributed by atoms with Crippen molar-refractivity contribution in [1.29, 1.82) is 0 Å². The van der Waals surface area contributed by atoms with Gasteiger partial charge in [0, 0.05) is 39.3 Å². The van der Waals surface area contributed by atoms with E-state index in [0.29, 0.717) is 10.5 Å². The molecule has 1 aromatic rings. The Morgan fingerprint density at radius 2 is 1.94 bits per heavy atom. The lowest BCUT2D eigenvalue weighted by Gasteiger charge is -2.37. The first-order chi connectivity index (χ1) is 8.47. The Kier molecular flexibility index (Phi) is 4.62. The molecular formula is C14H20BrNOS. The highest BCUT2D eigenvalue weighted by molar-refractivity contribution is 9.10. The average molecular weight is 330 g/mol. The van der Waals surface area contributed by atoms with Gasteiger partial charge in [-0.2, -0.15) is 11.8 Å². The van der Waals surface area contributed by atoms with Crippen molar-refractivity contribution in [3.8, 4) is 0 Å². The van der Waals surface area contributed by atoms with Gasteiger partial charge in [-0.3, -0.25) is 0 Å². The third kappa shape index (κ3) is 3.22. The van der Waals surface area contributed by atoms with Gasteiger partial charge in [-0.05, 0) is 25.1 Å². The number of aliphatic hydroxyl groups excluding tert-OH is 1. The highest BCUT2D eigenvalue weighted by Gasteiger charge is 2.24. The number of thioether (sulfide) groups is 1. The first-order valence-electron chi connectivity index (χ1n) is 6.35. The SMILES string of the molecule is CC1CN(c2ccc(Br)cc2C(C)O)CC(C)S1. The van der Waals surface area contributed by atoms with Crippen molar-refractivity contribution in [3.05, 3.63) is 28.2 Å². The van der Waals surface area contributed by atoms with Crippen molar-refractivity contribution < 1.29 is 5.11 Å². The Morgan fingerprint density at radius 3 is 2.50 bits per heavy atom. The van der Waals surface area contributed by atoms with Gasteiger partial charge in [0.05, 0.1) is 6.10 Å². The van der Waals surface area contributed by atoms with Crippen LogP contribution in [0, 0.1) is 0 Å². The Labute approximate surface area is 122 Å². The van der Waals surface area contributed by atoms with Gasteiger partial charge in [-0.15, -0.1) is 0 Å². The van der Waals surface area contributed by atoms with Crippen LogP contribution in [0.3, 0.4) is 0 Å². The maximum atomic E-state index is 9.94. The van der Waals surface area contributed by atoms with Gasteiger partial charge in [0.15, 0.2) is 0 Å². The van der Waals surface area contributed by atoms with Crippen molar-refractivity contribution in [1.82, 2.24) is 0 Å². The number of hydrogen-bond acceptors (Lipinski definition) is 3. The number of rotatable bonds is 2.